The molecule has 0 aromatic carbocycles. The summed E-state index contributed by atoms with van der Waals surface area (Å²) >= 11 is 3.99. The number of carbonyl (C=O) groups excluding carboxylic acids is 4. The van der Waals surface area contributed by atoms with E-state index < -0.39 is 72.6 Å². The summed E-state index contributed by atoms with van der Waals surface area (Å²) in [5.41, 5.74) is 16.1. The summed E-state index contributed by atoms with van der Waals surface area (Å²) in [5, 5.41) is 24.8. The van der Waals surface area contributed by atoms with Crippen LogP contribution in [0.1, 0.15) is 38.5 Å². The van der Waals surface area contributed by atoms with Gasteiger partial charge in [-0.05, 0) is 32.2 Å². The summed E-state index contributed by atoms with van der Waals surface area (Å²) in [6.07, 6.45) is -0.136. The normalized spacial score (nSPS) is 14.3. The molecule has 11 N–H and O–H groups in total. The van der Waals surface area contributed by atoms with Crippen molar-refractivity contribution in [3.63, 3.8) is 0 Å². The highest BCUT2D eigenvalue weighted by Gasteiger charge is 2.30. The number of amides is 4. The lowest BCUT2D eigenvalue weighted by Crippen LogP contribution is -2.57. The van der Waals surface area contributed by atoms with Crippen LogP contribution in [0.25, 0.3) is 0 Å². The Morgan fingerprint density at radius 3 is 1.85 bits per heavy atom. The van der Waals surface area contributed by atoms with E-state index in [-0.39, 0.29) is 18.6 Å². The van der Waals surface area contributed by atoms with Crippen LogP contribution >= 0.6 is 12.6 Å². The van der Waals surface area contributed by atoms with E-state index in [9.17, 15) is 33.9 Å². The third-order valence-electron chi connectivity index (χ3n) is 4.41. The number of hydrogen-bond acceptors (Lipinski definition) is 9. The predicted octanol–water partition coefficient (Wildman–Crippen LogP) is -3.35. The molecule has 4 amide bonds. The molecule has 0 bridgehead atoms. The van der Waals surface area contributed by atoms with Gasteiger partial charge in [0, 0.05) is 12.2 Å². The van der Waals surface area contributed by atoms with Crippen LogP contribution in [-0.4, -0.2) is 82.2 Å². The van der Waals surface area contributed by atoms with Crippen LogP contribution in [0.5, 0.6) is 0 Å². The Labute approximate surface area is 195 Å². The number of hydrogen-bond donors (Lipinski definition) is 9. The maximum absolute atomic E-state index is 12.7. The van der Waals surface area contributed by atoms with E-state index in [4.69, 9.17) is 22.3 Å². The molecule has 0 aromatic heterocycles. The van der Waals surface area contributed by atoms with Crippen molar-refractivity contribution < 1.29 is 39.0 Å². The van der Waals surface area contributed by atoms with Gasteiger partial charge in [0.1, 0.15) is 18.1 Å². The van der Waals surface area contributed by atoms with Gasteiger partial charge in [0.2, 0.25) is 23.6 Å². The van der Waals surface area contributed by atoms with Gasteiger partial charge >= 0.3 is 11.9 Å². The van der Waals surface area contributed by atoms with Crippen LogP contribution in [0.2, 0.25) is 0 Å². The molecular formula is C18H32N6O8S. The Morgan fingerprint density at radius 2 is 1.36 bits per heavy atom. The second-order valence-corrected chi connectivity index (χ2v) is 7.56. The molecule has 0 heterocycles. The first-order chi connectivity index (χ1) is 15.4. The van der Waals surface area contributed by atoms with E-state index in [0.29, 0.717) is 19.4 Å². The van der Waals surface area contributed by atoms with Gasteiger partial charge in [-0.1, -0.05) is 0 Å². The molecule has 0 aliphatic heterocycles. The van der Waals surface area contributed by atoms with E-state index in [0.717, 1.165) is 0 Å². The number of rotatable bonds is 17. The fraction of sp³-hybridized carbons (Fsp3) is 0.667. The lowest BCUT2D eigenvalue weighted by molar-refractivity contribution is -0.143. The van der Waals surface area contributed by atoms with Crippen LogP contribution < -0.4 is 33.2 Å². The van der Waals surface area contributed by atoms with Crippen LogP contribution in [0.4, 0.5) is 0 Å². The molecule has 0 aliphatic carbocycles. The highest BCUT2D eigenvalue weighted by atomic mass is 32.1. The summed E-state index contributed by atoms with van der Waals surface area (Å²) in [4.78, 5) is 70.3. The minimum Gasteiger partial charge on any atom is -0.481 e. The third kappa shape index (κ3) is 12.6. The van der Waals surface area contributed by atoms with Crippen molar-refractivity contribution in [1.29, 1.82) is 0 Å². The molecule has 0 aliphatic rings. The van der Waals surface area contributed by atoms with Gasteiger partial charge in [-0.3, -0.25) is 24.0 Å². The molecule has 0 fully saturated rings. The lowest BCUT2D eigenvalue weighted by atomic mass is 10.1. The first-order valence-electron chi connectivity index (χ1n) is 10.1. The zero-order chi connectivity index (χ0) is 25.6. The molecule has 0 spiro atoms. The molecule has 188 valence electrons. The maximum atomic E-state index is 12.7. The van der Waals surface area contributed by atoms with Crippen molar-refractivity contribution in [2.75, 3.05) is 12.3 Å². The van der Waals surface area contributed by atoms with Gasteiger partial charge in [0.05, 0.1) is 12.5 Å². The number of nitrogens with two attached hydrogens (primary N) is 3. The van der Waals surface area contributed by atoms with Gasteiger partial charge in [-0.2, -0.15) is 12.6 Å². The fourth-order valence-corrected chi connectivity index (χ4v) is 2.87. The van der Waals surface area contributed by atoms with E-state index in [1.807, 2.05) is 0 Å². The van der Waals surface area contributed by atoms with Gasteiger partial charge in [-0.25, -0.2) is 4.79 Å². The molecule has 0 rings (SSSR count). The molecule has 14 nitrogen and oxygen atoms in total. The summed E-state index contributed by atoms with van der Waals surface area (Å²) in [6, 6.07) is -5.16. The number of carboxylic acid groups (broad SMARTS) is 2. The third-order valence-corrected chi connectivity index (χ3v) is 4.78. The van der Waals surface area contributed by atoms with Crippen molar-refractivity contribution in [2.45, 2.75) is 62.7 Å². The van der Waals surface area contributed by atoms with Gasteiger partial charge in [-0.15, -0.1) is 0 Å². The number of unbranched alkanes of at least 4 members (excludes halogenated alkanes) is 1. The Kier molecular flexibility index (Phi) is 14.4. The largest absolute Gasteiger partial charge is 0.481 e. The summed E-state index contributed by atoms with van der Waals surface area (Å²) in [6.45, 7) is 0.345. The smallest absolute Gasteiger partial charge is 0.326 e. The zero-order valence-corrected chi connectivity index (χ0v) is 18.9. The highest BCUT2D eigenvalue weighted by molar-refractivity contribution is 7.80. The summed E-state index contributed by atoms with van der Waals surface area (Å²) in [5.74, 6) is -6.15. The predicted molar refractivity (Wildman–Crippen MR) is 119 cm³/mol. The average Bonchev–Trinajstić information content (AvgIpc) is 2.72. The van der Waals surface area contributed by atoms with E-state index >= 15 is 0 Å². The number of carboxylic acids is 2. The number of carbonyl (C=O) groups is 6. The van der Waals surface area contributed by atoms with Crippen molar-refractivity contribution in [3.05, 3.63) is 0 Å². The molecule has 0 radical (unpaired) electrons. The zero-order valence-electron chi connectivity index (χ0n) is 18.0. The van der Waals surface area contributed by atoms with Crippen molar-refractivity contribution in [2.24, 2.45) is 17.2 Å². The van der Waals surface area contributed by atoms with E-state index in [2.05, 4.69) is 28.6 Å². The maximum Gasteiger partial charge on any atom is 0.326 e. The lowest BCUT2D eigenvalue weighted by Gasteiger charge is -2.24. The number of primary amides is 1. The highest BCUT2D eigenvalue weighted by Crippen LogP contribution is 2.05. The number of thiol groups is 1. The Bertz CT molecular complexity index is 722. The van der Waals surface area contributed by atoms with Gasteiger partial charge < -0.3 is 43.4 Å². The first-order valence-corrected chi connectivity index (χ1v) is 10.8. The van der Waals surface area contributed by atoms with Crippen molar-refractivity contribution in [3.8, 4) is 0 Å². The minimum absolute atomic E-state index is 0.148. The van der Waals surface area contributed by atoms with Crippen molar-refractivity contribution in [1.82, 2.24) is 16.0 Å². The molecular weight excluding hydrogens is 460 g/mol. The SMILES string of the molecule is NCCCCC(NC(=O)C(N)CC(N)=O)C(=O)NC(CS)C(=O)NC(CCC(=O)O)C(=O)O. The van der Waals surface area contributed by atoms with Gasteiger partial charge in [0.15, 0.2) is 0 Å². The molecule has 15 heteroatoms. The van der Waals surface area contributed by atoms with Crippen molar-refractivity contribution >= 4 is 48.2 Å². The molecule has 0 aromatic rings. The van der Waals surface area contributed by atoms with E-state index in [1.54, 1.807) is 0 Å². The van der Waals surface area contributed by atoms with E-state index in [1.165, 1.54) is 0 Å². The van der Waals surface area contributed by atoms with Crippen LogP contribution in [0.15, 0.2) is 0 Å². The number of aliphatic carboxylic acids is 2. The molecule has 4 atom stereocenters. The van der Waals surface area contributed by atoms with Crippen LogP contribution in [-0.2, 0) is 28.8 Å². The number of nitrogens with one attached hydrogen (secondary N) is 3. The van der Waals surface area contributed by atoms with Gasteiger partial charge in [0.25, 0.3) is 0 Å². The molecule has 33 heavy (non-hydrogen) atoms. The van der Waals surface area contributed by atoms with Crippen LogP contribution in [0.3, 0.4) is 0 Å². The topological polar surface area (TPSA) is 257 Å². The quantitative estimate of drug-likeness (QED) is 0.0719. The second kappa shape index (κ2) is 15.8. The van der Waals surface area contributed by atoms with Crippen LogP contribution in [0, 0.1) is 0 Å². The average molecular weight is 493 g/mol. The minimum atomic E-state index is -1.49. The fourth-order valence-electron chi connectivity index (χ4n) is 2.61. The standard InChI is InChI=1S/C18H32N6O8S/c19-6-2-1-3-10(22-15(28)9(20)7-13(21)25)16(29)24-12(8-33)17(30)23-11(18(31)32)4-5-14(26)27/h9-12,33H,1-8,19-20H2,(H2,21,25)(H,22,28)(H,23,30)(H,24,29)(H,26,27)(H,31,32). The Morgan fingerprint density at radius 1 is 0.818 bits per heavy atom. The summed E-state index contributed by atoms with van der Waals surface area (Å²) < 4.78 is 0. The summed E-state index contributed by atoms with van der Waals surface area (Å²) in [7, 11) is 0. The molecule has 0 saturated heterocycles. The molecule has 0 saturated carbocycles. The monoisotopic (exact) mass is 492 g/mol. The Balaban J connectivity index is 5.25. The Hall–Kier alpha value is -2.91. The second-order valence-electron chi connectivity index (χ2n) is 7.20. The first kappa shape index (κ1) is 30.1. The molecule has 4 unspecified atom stereocenters.